The van der Waals surface area contributed by atoms with Crippen molar-refractivity contribution in [2.45, 2.75) is 19.8 Å². The first-order chi connectivity index (χ1) is 10.5. The van der Waals surface area contributed by atoms with E-state index in [4.69, 9.17) is 5.73 Å². The molecule has 0 unspecified atom stereocenters. The molecule has 0 aliphatic carbocycles. The standard InChI is InChI=1S/C16H21N5O/c1-11-9-15(20(2)19-11)18-16(22)10-21-8-4-5-12-13(17)6-3-7-14(12)21/h3,6-7,9H,4-5,8,10,17H2,1-2H3,(H,18,22). The second-order valence-corrected chi connectivity index (χ2v) is 5.71. The fourth-order valence-corrected chi connectivity index (χ4v) is 2.98. The van der Waals surface area contributed by atoms with Crippen LogP contribution in [0.1, 0.15) is 17.7 Å². The third-order valence-corrected chi connectivity index (χ3v) is 3.99. The van der Waals surface area contributed by atoms with E-state index in [0.29, 0.717) is 12.4 Å². The van der Waals surface area contributed by atoms with Crippen LogP contribution in [-0.2, 0) is 18.3 Å². The maximum absolute atomic E-state index is 12.3. The lowest BCUT2D eigenvalue weighted by Crippen LogP contribution is -2.37. The van der Waals surface area contributed by atoms with Gasteiger partial charge in [-0.05, 0) is 37.5 Å². The van der Waals surface area contributed by atoms with Crippen molar-refractivity contribution < 1.29 is 4.79 Å². The van der Waals surface area contributed by atoms with Crippen LogP contribution in [0.4, 0.5) is 17.2 Å². The number of aryl methyl sites for hydroxylation is 2. The second-order valence-electron chi connectivity index (χ2n) is 5.71. The summed E-state index contributed by atoms with van der Waals surface area (Å²) in [6, 6.07) is 7.75. The molecule has 3 N–H and O–H groups in total. The largest absolute Gasteiger partial charge is 0.398 e. The summed E-state index contributed by atoms with van der Waals surface area (Å²) in [7, 11) is 1.82. The number of anilines is 3. The van der Waals surface area contributed by atoms with E-state index in [2.05, 4.69) is 15.3 Å². The Kier molecular flexibility index (Phi) is 3.75. The number of carbonyl (C=O) groups is 1. The van der Waals surface area contributed by atoms with Gasteiger partial charge in [-0.3, -0.25) is 9.48 Å². The zero-order valence-electron chi connectivity index (χ0n) is 13.0. The topological polar surface area (TPSA) is 76.2 Å². The Morgan fingerprint density at radius 2 is 2.27 bits per heavy atom. The molecule has 0 saturated heterocycles. The minimum Gasteiger partial charge on any atom is -0.398 e. The fourth-order valence-electron chi connectivity index (χ4n) is 2.98. The number of hydrogen-bond donors (Lipinski definition) is 2. The summed E-state index contributed by atoms with van der Waals surface area (Å²) in [5, 5.41) is 7.14. The van der Waals surface area contributed by atoms with Gasteiger partial charge in [-0.15, -0.1) is 0 Å². The average molecular weight is 299 g/mol. The molecule has 0 bridgehead atoms. The third-order valence-electron chi connectivity index (χ3n) is 3.99. The van der Waals surface area contributed by atoms with Crippen molar-refractivity contribution in [3.63, 3.8) is 0 Å². The number of rotatable bonds is 3. The molecular weight excluding hydrogens is 278 g/mol. The van der Waals surface area contributed by atoms with E-state index in [1.165, 1.54) is 0 Å². The molecule has 2 heterocycles. The van der Waals surface area contributed by atoms with E-state index >= 15 is 0 Å². The molecule has 3 rings (SSSR count). The number of aromatic nitrogens is 2. The van der Waals surface area contributed by atoms with Gasteiger partial charge in [0.25, 0.3) is 0 Å². The second kappa shape index (κ2) is 5.71. The van der Waals surface area contributed by atoms with Gasteiger partial charge in [-0.25, -0.2) is 0 Å². The summed E-state index contributed by atoms with van der Waals surface area (Å²) in [5.74, 6) is 0.672. The Balaban J connectivity index is 1.73. The summed E-state index contributed by atoms with van der Waals surface area (Å²) < 4.78 is 1.68. The van der Waals surface area contributed by atoms with E-state index in [0.717, 1.165) is 42.0 Å². The van der Waals surface area contributed by atoms with Gasteiger partial charge in [0.1, 0.15) is 5.82 Å². The van der Waals surface area contributed by atoms with Crippen LogP contribution in [0.25, 0.3) is 0 Å². The van der Waals surface area contributed by atoms with E-state index < -0.39 is 0 Å². The SMILES string of the molecule is Cc1cc(NC(=O)CN2CCCc3c(N)cccc32)n(C)n1. The lowest BCUT2D eigenvalue weighted by Gasteiger charge is -2.31. The molecule has 1 aliphatic rings. The highest BCUT2D eigenvalue weighted by molar-refractivity contribution is 5.93. The van der Waals surface area contributed by atoms with Gasteiger partial charge in [-0.2, -0.15) is 5.10 Å². The van der Waals surface area contributed by atoms with Crippen LogP contribution in [0.2, 0.25) is 0 Å². The summed E-state index contributed by atoms with van der Waals surface area (Å²) in [6.07, 6.45) is 1.99. The minimum absolute atomic E-state index is 0.0433. The fraction of sp³-hybridized carbons (Fsp3) is 0.375. The van der Waals surface area contributed by atoms with Gasteiger partial charge < -0.3 is 16.0 Å². The van der Waals surface area contributed by atoms with Crippen molar-refractivity contribution in [1.29, 1.82) is 0 Å². The molecule has 0 fully saturated rings. The van der Waals surface area contributed by atoms with E-state index in [1.807, 2.05) is 38.2 Å². The summed E-state index contributed by atoms with van der Waals surface area (Å²) in [6.45, 7) is 3.09. The number of fused-ring (bicyclic) bond motifs is 1. The monoisotopic (exact) mass is 299 g/mol. The van der Waals surface area contributed by atoms with Crippen LogP contribution in [0, 0.1) is 6.92 Å². The summed E-state index contributed by atoms with van der Waals surface area (Å²) >= 11 is 0. The van der Waals surface area contributed by atoms with E-state index in [1.54, 1.807) is 4.68 Å². The lowest BCUT2D eigenvalue weighted by atomic mass is 10.00. The smallest absolute Gasteiger partial charge is 0.245 e. The number of carbonyl (C=O) groups excluding carboxylic acids is 1. The Morgan fingerprint density at radius 1 is 1.45 bits per heavy atom. The molecule has 0 radical (unpaired) electrons. The first-order valence-corrected chi connectivity index (χ1v) is 7.47. The highest BCUT2D eigenvalue weighted by Gasteiger charge is 2.20. The van der Waals surface area contributed by atoms with Crippen LogP contribution in [0.15, 0.2) is 24.3 Å². The van der Waals surface area contributed by atoms with Gasteiger partial charge >= 0.3 is 0 Å². The first kappa shape index (κ1) is 14.4. The Labute approximate surface area is 129 Å². The van der Waals surface area contributed by atoms with Crippen molar-refractivity contribution >= 4 is 23.1 Å². The molecule has 0 spiro atoms. The van der Waals surface area contributed by atoms with Gasteiger partial charge in [0.2, 0.25) is 5.91 Å². The lowest BCUT2D eigenvalue weighted by molar-refractivity contribution is -0.115. The van der Waals surface area contributed by atoms with Crippen LogP contribution >= 0.6 is 0 Å². The van der Waals surface area contributed by atoms with Crippen LogP contribution in [0.5, 0.6) is 0 Å². The Bertz CT molecular complexity index is 707. The molecule has 1 aromatic carbocycles. The number of amides is 1. The maximum atomic E-state index is 12.3. The van der Waals surface area contributed by atoms with Crippen molar-refractivity contribution in [3.8, 4) is 0 Å². The molecule has 0 atom stereocenters. The number of nitrogen functional groups attached to an aromatic ring is 1. The number of nitrogens with two attached hydrogens (primary N) is 1. The van der Waals surface area contributed by atoms with Crippen molar-refractivity contribution in [3.05, 3.63) is 35.5 Å². The molecule has 1 aliphatic heterocycles. The highest BCUT2D eigenvalue weighted by atomic mass is 16.2. The average Bonchev–Trinajstić information content (AvgIpc) is 2.78. The number of nitrogens with zero attached hydrogens (tertiary/aromatic N) is 3. The molecule has 1 amide bonds. The molecule has 6 nitrogen and oxygen atoms in total. The van der Waals surface area contributed by atoms with Crippen LogP contribution < -0.4 is 16.0 Å². The molecule has 22 heavy (non-hydrogen) atoms. The minimum atomic E-state index is -0.0433. The zero-order valence-corrected chi connectivity index (χ0v) is 13.0. The maximum Gasteiger partial charge on any atom is 0.245 e. The van der Waals surface area contributed by atoms with Crippen LogP contribution in [-0.4, -0.2) is 28.8 Å². The summed E-state index contributed by atoms with van der Waals surface area (Å²) in [5.41, 5.74) is 9.96. The molecule has 1 aromatic heterocycles. The molecule has 0 saturated carbocycles. The number of benzene rings is 1. The van der Waals surface area contributed by atoms with E-state index in [9.17, 15) is 4.79 Å². The van der Waals surface area contributed by atoms with E-state index in [-0.39, 0.29) is 5.91 Å². The van der Waals surface area contributed by atoms with Crippen molar-refractivity contribution in [2.24, 2.45) is 7.05 Å². The first-order valence-electron chi connectivity index (χ1n) is 7.47. The predicted molar refractivity (Wildman–Crippen MR) is 88.0 cm³/mol. The quantitative estimate of drug-likeness (QED) is 0.846. The van der Waals surface area contributed by atoms with Gasteiger partial charge in [0.15, 0.2) is 0 Å². The van der Waals surface area contributed by atoms with Crippen LogP contribution in [0.3, 0.4) is 0 Å². The normalized spacial score (nSPS) is 13.8. The molecule has 116 valence electrons. The zero-order chi connectivity index (χ0) is 15.7. The Hall–Kier alpha value is -2.50. The van der Waals surface area contributed by atoms with Gasteiger partial charge in [0, 0.05) is 31.0 Å². The number of nitrogens with one attached hydrogen (secondary N) is 1. The van der Waals surface area contributed by atoms with Gasteiger partial charge in [-0.1, -0.05) is 6.07 Å². The summed E-state index contributed by atoms with van der Waals surface area (Å²) in [4.78, 5) is 14.4. The molecular formula is C16H21N5O. The predicted octanol–water partition coefficient (Wildman–Crippen LogP) is 1.70. The third kappa shape index (κ3) is 2.77. The van der Waals surface area contributed by atoms with Crippen molar-refractivity contribution in [2.75, 3.05) is 29.0 Å². The van der Waals surface area contributed by atoms with Gasteiger partial charge in [0.05, 0.1) is 12.2 Å². The molecule has 2 aromatic rings. The Morgan fingerprint density at radius 3 is 3.00 bits per heavy atom. The molecule has 6 heteroatoms. The van der Waals surface area contributed by atoms with Crippen molar-refractivity contribution in [1.82, 2.24) is 9.78 Å². The number of hydrogen-bond acceptors (Lipinski definition) is 4. The highest BCUT2D eigenvalue weighted by Crippen LogP contribution is 2.30.